The van der Waals surface area contributed by atoms with Gasteiger partial charge in [0.1, 0.15) is 11.6 Å². The number of amides is 1. The minimum Gasteiger partial charge on any atom is -0.497 e. The minimum atomic E-state index is -0.0612. The number of hydrogen-bond donors (Lipinski definition) is 2. The van der Waals surface area contributed by atoms with Gasteiger partial charge >= 0.3 is 0 Å². The summed E-state index contributed by atoms with van der Waals surface area (Å²) >= 11 is 0. The molecule has 6 nitrogen and oxygen atoms in total. The van der Waals surface area contributed by atoms with Crippen LogP contribution >= 0.6 is 0 Å². The second-order valence-electron chi connectivity index (χ2n) is 8.79. The van der Waals surface area contributed by atoms with E-state index in [1.807, 2.05) is 42.5 Å². The van der Waals surface area contributed by atoms with E-state index < -0.39 is 0 Å². The lowest BCUT2D eigenvalue weighted by Crippen LogP contribution is -2.40. The lowest BCUT2D eigenvalue weighted by molar-refractivity contribution is 0.0543. The summed E-state index contributed by atoms with van der Waals surface area (Å²) in [6, 6.07) is 18.4. The Morgan fingerprint density at radius 2 is 1.88 bits per heavy atom. The van der Waals surface area contributed by atoms with Gasteiger partial charge in [-0.3, -0.25) is 4.79 Å². The first kappa shape index (κ1) is 20.8. The van der Waals surface area contributed by atoms with Gasteiger partial charge in [-0.1, -0.05) is 30.3 Å². The van der Waals surface area contributed by atoms with E-state index in [4.69, 9.17) is 14.5 Å². The van der Waals surface area contributed by atoms with E-state index in [-0.39, 0.29) is 11.3 Å². The van der Waals surface area contributed by atoms with Crippen LogP contribution in [0.1, 0.15) is 41.6 Å². The number of carbonyl (C=O) groups excluding carboxylic acids is 1. The summed E-state index contributed by atoms with van der Waals surface area (Å²) in [6.07, 6.45) is 3.97. The summed E-state index contributed by atoms with van der Waals surface area (Å²) in [5, 5.41) is 7.56. The first-order valence-corrected chi connectivity index (χ1v) is 11.3. The number of fused-ring (bicyclic) bond motifs is 1. The van der Waals surface area contributed by atoms with Crippen LogP contribution in [0, 0.1) is 0 Å². The molecule has 0 radical (unpaired) electrons. The number of methoxy groups -OCH3 is 1. The lowest BCUT2D eigenvalue weighted by atomic mass is 9.74. The molecule has 1 aliphatic heterocycles. The molecule has 166 valence electrons. The second-order valence-corrected chi connectivity index (χ2v) is 8.79. The van der Waals surface area contributed by atoms with Crippen molar-refractivity contribution < 1.29 is 14.3 Å². The van der Waals surface area contributed by atoms with Crippen molar-refractivity contribution in [3.8, 4) is 5.75 Å². The number of ether oxygens (including phenoxy) is 2. The van der Waals surface area contributed by atoms with Crippen LogP contribution in [0.2, 0.25) is 0 Å². The van der Waals surface area contributed by atoms with Crippen molar-refractivity contribution in [2.75, 3.05) is 32.2 Å². The van der Waals surface area contributed by atoms with E-state index >= 15 is 0 Å². The Morgan fingerprint density at radius 3 is 2.59 bits per heavy atom. The van der Waals surface area contributed by atoms with E-state index in [0.717, 1.165) is 67.9 Å². The van der Waals surface area contributed by atoms with Gasteiger partial charge in [0.15, 0.2) is 0 Å². The number of benzene rings is 2. The third-order valence-corrected chi connectivity index (χ3v) is 6.63. The normalized spacial score (nSPS) is 17.7. The summed E-state index contributed by atoms with van der Waals surface area (Å²) in [4.78, 5) is 17.7. The molecule has 2 aromatic carbocycles. The van der Waals surface area contributed by atoms with Crippen LogP contribution in [0.4, 0.5) is 5.82 Å². The van der Waals surface area contributed by atoms with Gasteiger partial charge in [-0.25, -0.2) is 4.98 Å². The van der Waals surface area contributed by atoms with Crippen LogP contribution in [0.3, 0.4) is 0 Å². The Balaban J connectivity index is 1.43. The quantitative estimate of drug-likeness (QED) is 0.584. The predicted molar refractivity (Wildman–Crippen MR) is 125 cm³/mol. The molecule has 0 atom stereocenters. The Hall–Kier alpha value is -3.12. The van der Waals surface area contributed by atoms with E-state index in [9.17, 15) is 4.79 Å². The summed E-state index contributed by atoms with van der Waals surface area (Å²) in [5.74, 6) is 1.56. The maximum Gasteiger partial charge on any atom is 0.252 e. The van der Waals surface area contributed by atoms with Gasteiger partial charge in [0, 0.05) is 36.6 Å². The summed E-state index contributed by atoms with van der Waals surface area (Å²) in [7, 11) is 1.68. The highest BCUT2D eigenvalue weighted by Crippen LogP contribution is 2.36. The first-order chi connectivity index (χ1) is 15.7. The highest BCUT2D eigenvalue weighted by molar-refractivity contribution is 6.07. The van der Waals surface area contributed by atoms with Gasteiger partial charge in [0.05, 0.1) is 18.2 Å². The van der Waals surface area contributed by atoms with E-state index in [1.165, 1.54) is 5.56 Å². The number of pyridine rings is 1. The lowest BCUT2D eigenvalue weighted by Gasteiger charge is -2.38. The molecule has 2 fully saturated rings. The second kappa shape index (κ2) is 8.79. The molecule has 1 saturated carbocycles. The average Bonchev–Trinajstić information content (AvgIpc) is 3.67. The molecule has 1 aliphatic carbocycles. The summed E-state index contributed by atoms with van der Waals surface area (Å²) in [6.45, 7) is 2.18. The zero-order valence-corrected chi connectivity index (χ0v) is 18.4. The number of anilines is 1. The number of nitrogens with one attached hydrogen (secondary N) is 2. The summed E-state index contributed by atoms with van der Waals surface area (Å²) < 4.78 is 11.0. The fourth-order valence-corrected chi connectivity index (χ4v) is 4.48. The van der Waals surface area contributed by atoms with Crippen molar-refractivity contribution in [1.29, 1.82) is 0 Å². The third-order valence-electron chi connectivity index (χ3n) is 6.63. The number of para-hydroxylation sites is 1. The smallest absolute Gasteiger partial charge is 0.252 e. The van der Waals surface area contributed by atoms with Crippen molar-refractivity contribution in [3.05, 3.63) is 65.7 Å². The molecule has 2 aliphatic rings. The van der Waals surface area contributed by atoms with Gasteiger partial charge < -0.3 is 20.1 Å². The minimum absolute atomic E-state index is 0.0231. The third kappa shape index (κ3) is 4.28. The SMILES string of the molecule is COc1ccc(C2(CNc3cc(C(=O)NC4CC4)c4ccccc4n3)CCOCC2)cc1. The fourth-order valence-electron chi connectivity index (χ4n) is 4.48. The molecule has 1 aromatic heterocycles. The van der Waals surface area contributed by atoms with E-state index in [1.54, 1.807) is 7.11 Å². The molecule has 0 spiro atoms. The number of nitrogens with zero attached hydrogens (tertiary/aromatic N) is 1. The molecule has 5 rings (SSSR count). The number of hydrogen-bond acceptors (Lipinski definition) is 5. The molecule has 32 heavy (non-hydrogen) atoms. The monoisotopic (exact) mass is 431 g/mol. The molecule has 1 amide bonds. The van der Waals surface area contributed by atoms with Gasteiger partial charge in [0.25, 0.3) is 5.91 Å². The van der Waals surface area contributed by atoms with Crippen LogP contribution < -0.4 is 15.4 Å². The Kier molecular flexibility index (Phi) is 5.70. The van der Waals surface area contributed by atoms with Crippen molar-refractivity contribution in [2.45, 2.75) is 37.1 Å². The predicted octanol–water partition coefficient (Wildman–Crippen LogP) is 4.30. The zero-order valence-electron chi connectivity index (χ0n) is 18.4. The Morgan fingerprint density at radius 1 is 1.12 bits per heavy atom. The zero-order chi connectivity index (χ0) is 22.0. The summed E-state index contributed by atoms with van der Waals surface area (Å²) in [5.41, 5.74) is 2.70. The Labute approximate surface area is 188 Å². The maximum absolute atomic E-state index is 12.9. The van der Waals surface area contributed by atoms with Gasteiger partial charge in [0.2, 0.25) is 0 Å². The van der Waals surface area contributed by atoms with Crippen LogP contribution in [-0.2, 0) is 10.2 Å². The van der Waals surface area contributed by atoms with E-state index in [2.05, 4.69) is 22.8 Å². The van der Waals surface area contributed by atoms with Gasteiger partial charge in [-0.05, 0) is 55.5 Å². The van der Waals surface area contributed by atoms with Crippen LogP contribution in [0.15, 0.2) is 54.6 Å². The van der Waals surface area contributed by atoms with Crippen LogP contribution in [0.25, 0.3) is 10.9 Å². The molecule has 6 heteroatoms. The maximum atomic E-state index is 12.9. The standard InChI is InChI=1S/C26H29N3O3/c1-31-20-10-6-18(7-11-20)26(12-14-32-15-13-26)17-27-24-16-22(25(30)28-19-8-9-19)21-4-2-3-5-23(21)29-24/h2-7,10-11,16,19H,8-9,12-15,17H2,1H3,(H,27,29)(H,28,30). The topological polar surface area (TPSA) is 72.5 Å². The van der Waals surface area contributed by atoms with Gasteiger partial charge in [-0.2, -0.15) is 0 Å². The largest absolute Gasteiger partial charge is 0.497 e. The highest BCUT2D eigenvalue weighted by Gasteiger charge is 2.34. The molecule has 3 aromatic rings. The molecule has 1 saturated heterocycles. The van der Waals surface area contributed by atoms with Gasteiger partial charge in [-0.15, -0.1) is 0 Å². The molecule has 2 N–H and O–H groups in total. The number of rotatable bonds is 7. The van der Waals surface area contributed by atoms with Crippen molar-refractivity contribution in [3.63, 3.8) is 0 Å². The fraction of sp³-hybridized carbons (Fsp3) is 0.385. The van der Waals surface area contributed by atoms with E-state index in [0.29, 0.717) is 11.6 Å². The first-order valence-electron chi connectivity index (χ1n) is 11.3. The Bertz CT molecular complexity index is 1100. The van der Waals surface area contributed by atoms with Crippen molar-refractivity contribution in [1.82, 2.24) is 10.3 Å². The van der Waals surface area contributed by atoms with Crippen LogP contribution in [0.5, 0.6) is 5.75 Å². The van der Waals surface area contributed by atoms with Crippen LogP contribution in [-0.4, -0.2) is 43.8 Å². The highest BCUT2D eigenvalue weighted by atomic mass is 16.5. The molecular weight excluding hydrogens is 402 g/mol. The van der Waals surface area contributed by atoms with Crippen molar-refractivity contribution in [2.24, 2.45) is 0 Å². The number of carbonyl (C=O) groups is 1. The molecule has 0 unspecified atom stereocenters. The molecule has 2 heterocycles. The average molecular weight is 432 g/mol. The molecular formula is C26H29N3O3. The molecule has 0 bridgehead atoms. The van der Waals surface area contributed by atoms with Crippen molar-refractivity contribution >= 4 is 22.6 Å². The number of aromatic nitrogens is 1.